The monoisotopic (exact) mass is 324 g/mol. The van der Waals surface area contributed by atoms with Crippen LogP contribution in [0, 0.1) is 0 Å². The number of amides is 1. The summed E-state index contributed by atoms with van der Waals surface area (Å²) < 4.78 is 5.82. The molecule has 0 aliphatic carbocycles. The van der Waals surface area contributed by atoms with Gasteiger partial charge in [0.15, 0.2) is 5.75 Å². The van der Waals surface area contributed by atoms with Crippen molar-refractivity contribution in [2.24, 2.45) is 0 Å². The third kappa shape index (κ3) is 3.87. The first kappa shape index (κ1) is 15.1. The van der Waals surface area contributed by atoms with E-state index in [2.05, 4.69) is 10.3 Å². The summed E-state index contributed by atoms with van der Waals surface area (Å²) >= 11 is 5.81. The number of anilines is 1. The molecule has 1 heterocycles. The number of nitrogens with zero attached hydrogens (tertiary/aromatic N) is 1. The molecule has 0 radical (unpaired) electrons. The minimum Gasteiger partial charge on any atom is -0.455 e. The third-order valence-electron chi connectivity index (χ3n) is 3.10. The van der Waals surface area contributed by atoms with Gasteiger partial charge in [-0.15, -0.1) is 0 Å². The number of hydrogen-bond acceptors (Lipinski definition) is 3. The van der Waals surface area contributed by atoms with Gasteiger partial charge < -0.3 is 10.1 Å². The summed E-state index contributed by atoms with van der Waals surface area (Å²) in [4.78, 5) is 16.2. The molecule has 3 aromatic rings. The molecule has 0 aliphatic rings. The summed E-state index contributed by atoms with van der Waals surface area (Å²) in [5.41, 5.74) is 1.01. The summed E-state index contributed by atoms with van der Waals surface area (Å²) in [5.74, 6) is 0.978. The number of nitrogens with one attached hydrogen (secondary N) is 1. The number of para-hydroxylation sites is 3. The topological polar surface area (TPSA) is 51.2 Å². The van der Waals surface area contributed by atoms with Crippen LogP contribution in [0.5, 0.6) is 11.5 Å². The summed E-state index contributed by atoms with van der Waals surface area (Å²) in [6, 6.07) is 19.7. The molecule has 0 fully saturated rings. The van der Waals surface area contributed by atoms with E-state index in [4.69, 9.17) is 16.3 Å². The number of halogens is 1. The lowest BCUT2D eigenvalue weighted by Crippen LogP contribution is -2.12. The molecule has 0 saturated heterocycles. The fourth-order valence-electron chi connectivity index (χ4n) is 2.01. The maximum Gasteiger partial charge on any atom is 0.255 e. The highest BCUT2D eigenvalue weighted by Crippen LogP contribution is 2.29. The summed E-state index contributed by atoms with van der Waals surface area (Å²) in [5, 5.41) is 3.09. The predicted octanol–water partition coefficient (Wildman–Crippen LogP) is 4.78. The van der Waals surface area contributed by atoms with Crippen molar-refractivity contribution in [2.45, 2.75) is 0 Å². The van der Waals surface area contributed by atoms with Crippen LogP contribution in [-0.4, -0.2) is 10.9 Å². The van der Waals surface area contributed by atoms with Crippen LogP contribution < -0.4 is 10.1 Å². The van der Waals surface area contributed by atoms with Crippen molar-refractivity contribution >= 4 is 23.2 Å². The second-order valence-corrected chi connectivity index (χ2v) is 5.12. The van der Waals surface area contributed by atoms with E-state index >= 15 is 0 Å². The Morgan fingerprint density at radius 3 is 2.52 bits per heavy atom. The van der Waals surface area contributed by atoms with Crippen LogP contribution in [0.25, 0.3) is 0 Å². The molecule has 1 amide bonds. The molecule has 0 bridgehead atoms. The SMILES string of the molecule is O=C(Nc1ccccc1Oc1ccccc1)c1ccnc(Cl)c1. The highest BCUT2D eigenvalue weighted by molar-refractivity contribution is 6.29. The van der Waals surface area contributed by atoms with Gasteiger partial charge in [0.2, 0.25) is 0 Å². The van der Waals surface area contributed by atoms with E-state index < -0.39 is 0 Å². The molecular weight excluding hydrogens is 312 g/mol. The molecule has 0 atom stereocenters. The van der Waals surface area contributed by atoms with Gasteiger partial charge in [-0.2, -0.15) is 0 Å². The van der Waals surface area contributed by atoms with Crippen LogP contribution in [0.15, 0.2) is 72.9 Å². The summed E-state index contributed by atoms with van der Waals surface area (Å²) in [6.07, 6.45) is 1.49. The van der Waals surface area contributed by atoms with Crippen molar-refractivity contribution in [3.63, 3.8) is 0 Å². The Morgan fingerprint density at radius 2 is 1.74 bits per heavy atom. The quantitative estimate of drug-likeness (QED) is 0.703. The lowest BCUT2D eigenvalue weighted by molar-refractivity contribution is 0.102. The molecule has 2 aromatic carbocycles. The number of carbonyl (C=O) groups is 1. The number of hydrogen-bond donors (Lipinski definition) is 1. The van der Waals surface area contributed by atoms with Gasteiger partial charge in [-0.05, 0) is 36.4 Å². The summed E-state index contributed by atoms with van der Waals surface area (Å²) in [6.45, 7) is 0. The van der Waals surface area contributed by atoms with E-state index in [9.17, 15) is 4.79 Å². The molecule has 3 rings (SSSR count). The first-order chi connectivity index (χ1) is 11.2. The molecule has 0 aliphatic heterocycles. The average Bonchev–Trinajstić information content (AvgIpc) is 2.57. The van der Waals surface area contributed by atoms with Crippen molar-refractivity contribution in [2.75, 3.05) is 5.32 Å². The van der Waals surface area contributed by atoms with Crippen molar-refractivity contribution in [1.82, 2.24) is 4.98 Å². The first-order valence-electron chi connectivity index (χ1n) is 6.97. The molecule has 5 heteroatoms. The number of carbonyl (C=O) groups excluding carboxylic acids is 1. The van der Waals surface area contributed by atoms with Crippen LogP contribution in [0.3, 0.4) is 0 Å². The van der Waals surface area contributed by atoms with Crippen LogP contribution >= 0.6 is 11.6 Å². The van der Waals surface area contributed by atoms with Gasteiger partial charge in [0.25, 0.3) is 5.91 Å². The van der Waals surface area contributed by atoms with Gasteiger partial charge in [0, 0.05) is 11.8 Å². The minimum atomic E-state index is -0.279. The molecule has 1 aromatic heterocycles. The van der Waals surface area contributed by atoms with E-state index in [0.717, 1.165) is 0 Å². The highest BCUT2D eigenvalue weighted by Gasteiger charge is 2.11. The predicted molar refractivity (Wildman–Crippen MR) is 90.2 cm³/mol. The number of ether oxygens (including phenoxy) is 1. The van der Waals surface area contributed by atoms with Gasteiger partial charge in [0.1, 0.15) is 10.9 Å². The Kier molecular flexibility index (Phi) is 4.54. The van der Waals surface area contributed by atoms with E-state index in [1.165, 1.54) is 12.3 Å². The molecule has 1 N–H and O–H groups in total. The van der Waals surface area contributed by atoms with Gasteiger partial charge >= 0.3 is 0 Å². The minimum absolute atomic E-state index is 0.270. The molecule has 0 saturated carbocycles. The van der Waals surface area contributed by atoms with Crippen molar-refractivity contribution in [3.8, 4) is 11.5 Å². The van der Waals surface area contributed by atoms with Crippen LogP contribution in [0.2, 0.25) is 5.15 Å². The van der Waals surface area contributed by atoms with E-state index in [1.54, 1.807) is 18.2 Å². The van der Waals surface area contributed by atoms with E-state index in [0.29, 0.717) is 22.7 Å². The normalized spacial score (nSPS) is 10.1. The first-order valence-corrected chi connectivity index (χ1v) is 7.35. The Labute approximate surface area is 138 Å². The van der Waals surface area contributed by atoms with Crippen LogP contribution in [-0.2, 0) is 0 Å². The van der Waals surface area contributed by atoms with E-state index in [-0.39, 0.29) is 11.1 Å². The smallest absolute Gasteiger partial charge is 0.255 e. The number of pyridine rings is 1. The second-order valence-electron chi connectivity index (χ2n) is 4.73. The standard InChI is InChI=1S/C18H13ClN2O2/c19-17-12-13(10-11-20-17)18(22)21-15-8-4-5-9-16(15)23-14-6-2-1-3-7-14/h1-12H,(H,21,22). The lowest BCUT2D eigenvalue weighted by Gasteiger charge is -2.12. The second kappa shape index (κ2) is 6.94. The average molecular weight is 325 g/mol. The number of benzene rings is 2. The Hall–Kier alpha value is -2.85. The fourth-order valence-corrected chi connectivity index (χ4v) is 2.19. The zero-order valence-electron chi connectivity index (χ0n) is 12.1. The molecule has 4 nitrogen and oxygen atoms in total. The van der Waals surface area contributed by atoms with Gasteiger partial charge in [-0.3, -0.25) is 4.79 Å². The molecule has 114 valence electrons. The maximum absolute atomic E-state index is 12.3. The zero-order valence-corrected chi connectivity index (χ0v) is 12.8. The molecule has 0 spiro atoms. The van der Waals surface area contributed by atoms with Gasteiger partial charge in [-0.25, -0.2) is 4.98 Å². The molecular formula is C18H13ClN2O2. The van der Waals surface area contributed by atoms with Gasteiger partial charge in [-0.1, -0.05) is 41.9 Å². The van der Waals surface area contributed by atoms with Gasteiger partial charge in [0.05, 0.1) is 5.69 Å². The highest BCUT2D eigenvalue weighted by atomic mass is 35.5. The summed E-state index contributed by atoms with van der Waals surface area (Å²) in [7, 11) is 0. The Balaban J connectivity index is 1.82. The number of rotatable bonds is 4. The van der Waals surface area contributed by atoms with Crippen molar-refractivity contribution in [3.05, 3.63) is 83.6 Å². The van der Waals surface area contributed by atoms with Crippen molar-refractivity contribution < 1.29 is 9.53 Å². The van der Waals surface area contributed by atoms with Crippen LogP contribution in [0.1, 0.15) is 10.4 Å². The Bertz CT molecular complexity index is 822. The zero-order chi connectivity index (χ0) is 16.1. The maximum atomic E-state index is 12.3. The number of aromatic nitrogens is 1. The Morgan fingerprint density at radius 1 is 1.00 bits per heavy atom. The molecule has 23 heavy (non-hydrogen) atoms. The lowest BCUT2D eigenvalue weighted by atomic mass is 10.2. The third-order valence-corrected chi connectivity index (χ3v) is 3.30. The van der Waals surface area contributed by atoms with Crippen molar-refractivity contribution in [1.29, 1.82) is 0 Å². The molecule has 0 unspecified atom stereocenters. The fraction of sp³-hybridized carbons (Fsp3) is 0. The van der Waals surface area contributed by atoms with Crippen LogP contribution in [0.4, 0.5) is 5.69 Å². The van der Waals surface area contributed by atoms with E-state index in [1.807, 2.05) is 42.5 Å². The largest absolute Gasteiger partial charge is 0.455 e.